The van der Waals surface area contributed by atoms with E-state index in [2.05, 4.69) is 5.32 Å². The van der Waals surface area contributed by atoms with E-state index in [1.165, 1.54) is 0 Å². The van der Waals surface area contributed by atoms with Crippen LogP contribution in [0, 0.1) is 13.8 Å². The fraction of sp³-hybridized carbons (Fsp3) is 0.350. The number of carbonyl (C=O) groups excluding carboxylic acids is 1. The number of benzene rings is 2. The van der Waals surface area contributed by atoms with Crippen LogP contribution in [0.1, 0.15) is 18.1 Å². The maximum Gasteiger partial charge on any atom is 0.264 e. The molecule has 1 N–H and O–H groups in total. The highest BCUT2D eigenvalue weighted by atomic mass is 32.2. The number of aryl methyl sites for hydroxylation is 2. The average Bonchev–Trinajstić information content (AvgIpc) is 2.60. The maximum atomic E-state index is 13.2. The Morgan fingerprint density at radius 3 is 2.37 bits per heavy atom. The molecule has 0 spiro atoms. The van der Waals surface area contributed by atoms with E-state index in [1.54, 1.807) is 56.5 Å². The molecule has 146 valence electrons. The van der Waals surface area contributed by atoms with Crippen molar-refractivity contribution in [2.45, 2.75) is 31.7 Å². The predicted octanol–water partition coefficient (Wildman–Crippen LogP) is 2.65. The van der Waals surface area contributed by atoms with Crippen LogP contribution in [-0.2, 0) is 19.6 Å². The molecular weight excluding hydrogens is 364 g/mol. The minimum absolute atomic E-state index is 0.146. The minimum Gasteiger partial charge on any atom is -0.383 e. The van der Waals surface area contributed by atoms with Gasteiger partial charge in [0.15, 0.2) is 0 Å². The van der Waals surface area contributed by atoms with Crippen molar-refractivity contribution in [1.29, 1.82) is 0 Å². The van der Waals surface area contributed by atoms with Crippen molar-refractivity contribution in [1.82, 2.24) is 5.32 Å². The lowest BCUT2D eigenvalue weighted by atomic mass is 10.2. The van der Waals surface area contributed by atoms with E-state index in [-0.39, 0.29) is 17.5 Å². The van der Waals surface area contributed by atoms with Gasteiger partial charge in [-0.25, -0.2) is 8.42 Å². The van der Waals surface area contributed by atoms with Crippen molar-refractivity contribution in [2.24, 2.45) is 0 Å². The van der Waals surface area contributed by atoms with E-state index < -0.39 is 15.9 Å². The molecule has 0 radical (unpaired) electrons. The van der Waals surface area contributed by atoms with Crippen LogP contribution in [0.2, 0.25) is 0 Å². The van der Waals surface area contributed by atoms with Gasteiger partial charge in [-0.3, -0.25) is 9.10 Å². The Labute approximate surface area is 161 Å². The number of rotatable bonds is 8. The standard InChI is InChI=1S/C20H26N2O4S/c1-15-8-10-19(11-9-15)27(24,25)22(18-7-5-6-16(2)12-18)13-20(23)21-17(3)14-26-4/h5-12,17H,13-14H2,1-4H3,(H,21,23)/t17-/m1/s1. The lowest BCUT2D eigenvalue weighted by Gasteiger charge is -2.25. The second-order valence-electron chi connectivity index (χ2n) is 6.59. The van der Waals surface area contributed by atoms with Gasteiger partial charge in [-0.05, 0) is 50.6 Å². The molecule has 0 aromatic heterocycles. The lowest BCUT2D eigenvalue weighted by molar-refractivity contribution is -0.120. The summed E-state index contributed by atoms with van der Waals surface area (Å²) >= 11 is 0. The molecule has 2 aromatic rings. The van der Waals surface area contributed by atoms with Crippen LogP contribution in [0.25, 0.3) is 0 Å². The average molecular weight is 391 g/mol. The zero-order valence-electron chi connectivity index (χ0n) is 16.1. The van der Waals surface area contributed by atoms with Crippen LogP contribution in [-0.4, -0.2) is 40.6 Å². The van der Waals surface area contributed by atoms with Gasteiger partial charge < -0.3 is 10.1 Å². The van der Waals surface area contributed by atoms with E-state index >= 15 is 0 Å². The van der Waals surface area contributed by atoms with Gasteiger partial charge in [-0.2, -0.15) is 0 Å². The van der Waals surface area contributed by atoms with E-state index in [0.29, 0.717) is 12.3 Å². The Bertz CT molecular complexity index is 879. The Morgan fingerprint density at radius 1 is 1.11 bits per heavy atom. The number of methoxy groups -OCH3 is 1. The lowest BCUT2D eigenvalue weighted by Crippen LogP contribution is -2.44. The Balaban J connectivity index is 2.38. The highest BCUT2D eigenvalue weighted by Crippen LogP contribution is 2.24. The number of sulfonamides is 1. The fourth-order valence-corrected chi connectivity index (χ4v) is 4.09. The van der Waals surface area contributed by atoms with Gasteiger partial charge in [0, 0.05) is 13.2 Å². The molecular formula is C20H26N2O4S. The molecule has 0 aliphatic rings. The van der Waals surface area contributed by atoms with E-state index in [9.17, 15) is 13.2 Å². The summed E-state index contributed by atoms with van der Waals surface area (Å²) in [6.45, 7) is 5.60. The fourth-order valence-electron chi connectivity index (χ4n) is 2.68. The van der Waals surface area contributed by atoms with E-state index in [4.69, 9.17) is 4.74 Å². The van der Waals surface area contributed by atoms with Crippen molar-refractivity contribution in [3.63, 3.8) is 0 Å². The Kier molecular flexibility index (Phi) is 6.98. The highest BCUT2D eigenvalue weighted by molar-refractivity contribution is 7.92. The SMILES string of the molecule is COC[C@@H](C)NC(=O)CN(c1cccc(C)c1)S(=O)(=O)c1ccc(C)cc1. The van der Waals surface area contributed by atoms with Crippen molar-refractivity contribution >= 4 is 21.6 Å². The third-order valence-electron chi connectivity index (χ3n) is 4.01. The molecule has 0 saturated heterocycles. The van der Waals surface area contributed by atoms with Gasteiger partial charge in [0.05, 0.1) is 17.2 Å². The summed E-state index contributed by atoms with van der Waals surface area (Å²) < 4.78 is 32.6. The zero-order valence-corrected chi connectivity index (χ0v) is 16.9. The summed E-state index contributed by atoms with van der Waals surface area (Å²) in [6, 6.07) is 13.4. The maximum absolute atomic E-state index is 13.2. The van der Waals surface area contributed by atoms with Crippen molar-refractivity contribution in [2.75, 3.05) is 24.6 Å². The van der Waals surface area contributed by atoms with Crippen LogP contribution in [0.4, 0.5) is 5.69 Å². The summed E-state index contributed by atoms with van der Waals surface area (Å²) in [4.78, 5) is 12.6. The molecule has 2 aromatic carbocycles. The van der Waals surface area contributed by atoms with Gasteiger partial charge in [0.2, 0.25) is 5.91 Å². The summed E-state index contributed by atoms with van der Waals surface area (Å²) in [5, 5.41) is 2.76. The minimum atomic E-state index is -3.89. The highest BCUT2D eigenvalue weighted by Gasteiger charge is 2.27. The van der Waals surface area contributed by atoms with Crippen molar-refractivity contribution < 1.29 is 17.9 Å². The van der Waals surface area contributed by atoms with Crippen LogP contribution in [0.3, 0.4) is 0 Å². The number of anilines is 1. The number of amides is 1. The topological polar surface area (TPSA) is 75.7 Å². The van der Waals surface area contributed by atoms with Gasteiger partial charge in [-0.1, -0.05) is 29.8 Å². The van der Waals surface area contributed by atoms with Gasteiger partial charge in [-0.15, -0.1) is 0 Å². The monoisotopic (exact) mass is 390 g/mol. The Hall–Kier alpha value is -2.38. The van der Waals surface area contributed by atoms with Gasteiger partial charge in [0.25, 0.3) is 10.0 Å². The molecule has 1 atom stereocenters. The van der Waals surface area contributed by atoms with E-state index in [1.807, 2.05) is 19.9 Å². The number of nitrogens with one attached hydrogen (secondary N) is 1. The first-order valence-electron chi connectivity index (χ1n) is 8.68. The number of ether oxygens (including phenoxy) is 1. The molecule has 0 aliphatic heterocycles. The predicted molar refractivity (Wildman–Crippen MR) is 106 cm³/mol. The normalized spacial score (nSPS) is 12.4. The summed E-state index contributed by atoms with van der Waals surface area (Å²) in [5.41, 5.74) is 2.32. The number of hydrogen-bond acceptors (Lipinski definition) is 4. The van der Waals surface area contributed by atoms with Gasteiger partial charge in [0.1, 0.15) is 6.54 Å². The largest absolute Gasteiger partial charge is 0.383 e. The van der Waals surface area contributed by atoms with Crippen LogP contribution >= 0.6 is 0 Å². The molecule has 0 bridgehead atoms. The van der Waals surface area contributed by atoms with Crippen molar-refractivity contribution in [3.05, 3.63) is 59.7 Å². The molecule has 6 nitrogen and oxygen atoms in total. The number of hydrogen-bond donors (Lipinski definition) is 1. The molecule has 2 rings (SSSR count). The molecule has 7 heteroatoms. The summed E-state index contributed by atoms with van der Waals surface area (Å²) in [7, 11) is -2.34. The smallest absolute Gasteiger partial charge is 0.264 e. The molecule has 0 heterocycles. The van der Waals surface area contributed by atoms with Crippen LogP contribution in [0.15, 0.2) is 53.4 Å². The first-order chi connectivity index (χ1) is 12.7. The van der Waals surface area contributed by atoms with E-state index in [0.717, 1.165) is 15.4 Å². The quantitative estimate of drug-likeness (QED) is 0.752. The molecule has 0 fully saturated rings. The van der Waals surface area contributed by atoms with Crippen LogP contribution in [0.5, 0.6) is 0 Å². The Morgan fingerprint density at radius 2 is 1.78 bits per heavy atom. The summed E-state index contributed by atoms with van der Waals surface area (Å²) in [6.07, 6.45) is 0. The first-order valence-corrected chi connectivity index (χ1v) is 10.1. The zero-order chi connectivity index (χ0) is 20.0. The molecule has 0 unspecified atom stereocenters. The molecule has 27 heavy (non-hydrogen) atoms. The van der Waals surface area contributed by atoms with Crippen molar-refractivity contribution in [3.8, 4) is 0 Å². The number of carbonyl (C=O) groups is 1. The van der Waals surface area contributed by atoms with Crippen LogP contribution < -0.4 is 9.62 Å². The summed E-state index contributed by atoms with van der Waals surface area (Å²) in [5.74, 6) is -0.392. The molecule has 0 aliphatic carbocycles. The second-order valence-corrected chi connectivity index (χ2v) is 8.45. The number of nitrogens with zero attached hydrogens (tertiary/aromatic N) is 1. The second kappa shape index (κ2) is 9.01. The first kappa shape index (κ1) is 20.9. The third-order valence-corrected chi connectivity index (χ3v) is 5.80. The molecule has 1 amide bonds. The van der Waals surface area contributed by atoms with Gasteiger partial charge >= 0.3 is 0 Å². The third kappa shape index (κ3) is 5.55. The molecule has 0 saturated carbocycles.